The lowest BCUT2D eigenvalue weighted by Crippen LogP contribution is -2.60. The Bertz CT molecular complexity index is 685. The van der Waals surface area contributed by atoms with Gasteiger partial charge in [-0.25, -0.2) is 0 Å². The first-order valence-corrected chi connectivity index (χ1v) is 9.22. The van der Waals surface area contributed by atoms with Crippen molar-refractivity contribution in [1.82, 2.24) is 0 Å². The number of hydrogen-bond acceptors (Lipinski definition) is 12. The van der Waals surface area contributed by atoms with Crippen molar-refractivity contribution in [3.05, 3.63) is 0 Å². The van der Waals surface area contributed by atoms with Gasteiger partial charge in [0.1, 0.15) is 0 Å². The zero-order chi connectivity index (χ0) is 23.9. The van der Waals surface area contributed by atoms with Crippen LogP contribution in [0.25, 0.3) is 0 Å². The molecule has 0 aromatic heterocycles. The molecule has 0 aromatic rings. The predicted octanol–water partition coefficient (Wildman–Crippen LogP) is -0.875. The lowest BCUT2D eigenvalue weighted by atomic mass is 9.56. The first-order chi connectivity index (χ1) is 14.7. The molecular weight excluding hydrogens is 420 g/mol. The number of ether oxygens (including phenoxy) is 6. The van der Waals surface area contributed by atoms with E-state index in [0.29, 0.717) is 0 Å². The first-order valence-electron chi connectivity index (χ1n) is 9.22. The van der Waals surface area contributed by atoms with E-state index in [-0.39, 0.29) is 6.61 Å². The van der Waals surface area contributed by atoms with Crippen molar-refractivity contribution in [2.24, 2.45) is 35.5 Å². The highest BCUT2D eigenvalue weighted by Crippen LogP contribution is 2.49. The molecule has 0 spiro atoms. The summed E-state index contributed by atoms with van der Waals surface area (Å²) in [4.78, 5) is 76.4. The topological polar surface area (TPSA) is 158 Å². The Kier molecular flexibility index (Phi) is 9.41. The molecule has 0 bridgehead atoms. The van der Waals surface area contributed by atoms with Crippen molar-refractivity contribution >= 4 is 35.8 Å². The first kappa shape index (κ1) is 25.9. The molecule has 12 nitrogen and oxygen atoms in total. The van der Waals surface area contributed by atoms with Crippen LogP contribution < -0.4 is 0 Å². The van der Waals surface area contributed by atoms with Crippen LogP contribution in [-0.2, 0) is 57.2 Å². The zero-order valence-corrected chi connectivity index (χ0v) is 18.1. The van der Waals surface area contributed by atoms with Crippen molar-refractivity contribution in [3.8, 4) is 0 Å². The van der Waals surface area contributed by atoms with Crippen molar-refractivity contribution in [2.75, 3.05) is 42.2 Å². The molecule has 1 aliphatic carbocycles. The molecule has 1 fully saturated rings. The van der Waals surface area contributed by atoms with Crippen molar-refractivity contribution in [1.29, 1.82) is 0 Å². The number of carbonyl (C=O) groups excluding carboxylic acids is 6. The summed E-state index contributed by atoms with van der Waals surface area (Å²) in [6.07, 6.45) is 0. The maximum atomic E-state index is 12.9. The van der Waals surface area contributed by atoms with Crippen LogP contribution in [0.2, 0.25) is 0 Å². The highest BCUT2D eigenvalue weighted by molar-refractivity contribution is 5.98. The Labute approximate surface area is 178 Å². The van der Waals surface area contributed by atoms with Gasteiger partial charge in [0.2, 0.25) is 0 Å². The molecule has 0 amide bonds. The predicted molar refractivity (Wildman–Crippen MR) is 97.7 cm³/mol. The van der Waals surface area contributed by atoms with Gasteiger partial charge in [0, 0.05) is 0 Å². The molecule has 0 aromatic carbocycles. The third-order valence-corrected chi connectivity index (χ3v) is 5.25. The monoisotopic (exact) mass is 446 g/mol. The maximum Gasteiger partial charge on any atom is 0.310 e. The quantitative estimate of drug-likeness (QED) is 0.352. The summed E-state index contributed by atoms with van der Waals surface area (Å²) in [7, 11) is 4.95. The Morgan fingerprint density at radius 1 is 0.452 bits per heavy atom. The highest BCUT2D eigenvalue weighted by atomic mass is 16.6. The van der Waals surface area contributed by atoms with Gasteiger partial charge in [0.25, 0.3) is 0 Å². The lowest BCUT2D eigenvalue weighted by Gasteiger charge is -2.44. The minimum absolute atomic E-state index is 0.136. The average molecular weight is 446 g/mol. The van der Waals surface area contributed by atoms with Gasteiger partial charge >= 0.3 is 35.8 Å². The van der Waals surface area contributed by atoms with Crippen LogP contribution in [0, 0.1) is 35.5 Å². The number of carbonyl (C=O) groups is 6. The highest BCUT2D eigenvalue weighted by Gasteiger charge is 2.66. The van der Waals surface area contributed by atoms with Crippen molar-refractivity contribution in [3.63, 3.8) is 0 Å². The van der Waals surface area contributed by atoms with Crippen LogP contribution in [0.4, 0.5) is 0 Å². The molecule has 1 aliphatic rings. The van der Waals surface area contributed by atoms with Crippen LogP contribution in [-0.4, -0.2) is 78.0 Å². The van der Waals surface area contributed by atoms with Gasteiger partial charge in [-0.3, -0.25) is 28.8 Å². The van der Waals surface area contributed by atoms with Gasteiger partial charge in [0.15, 0.2) is 0 Å². The molecule has 0 saturated heterocycles. The Morgan fingerprint density at radius 2 is 0.645 bits per heavy atom. The van der Waals surface area contributed by atoms with Crippen LogP contribution in [0.1, 0.15) is 6.92 Å². The van der Waals surface area contributed by atoms with Gasteiger partial charge in [0.05, 0.1) is 77.7 Å². The molecule has 0 radical (unpaired) electrons. The van der Waals surface area contributed by atoms with Crippen molar-refractivity contribution in [2.45, 2.75) is 6.92 Å². The number of hydrogen-bond donors (Lipinski definition) is 0. The summed E-state index contributed by atoms with van der Waals surface area (Å²) >= 11 is 0. The summed E-state index contributed by atoms with van der Waals surface area (Å²) in [5.41, 5.74) is 0. The number of rotatable bonds is 7. The summed E-state index contributed by atoms with van der Waals surface area (Å²) in [5, 5.41) is 0. The molecule has 4 atom stereocenters. The summed E-state index contributed by atoms with van der Waals surface area (Å²) in [6, 6.07) is 0. The smallest absolute Gasteiger partial charge is 0.310 e. The molecule has 0 aliphatic heterocycles. The minimum Gasteiger partial charge on any atom is -0.469 e. The van der Waals surface area contributed by atoms with Gasteiger partial charge in [-0.1, -0.05) is 0 Å². The standard InChI is InChI=1S/C19H26O12/c1-7-31-19(25)13-11(17(23)29-5)9(15(21)27-3)8(14(20)26-2)10(16(22)28-4)12(13)18(24)30-6/h8-13H,7H2,1-6H3. The summed E-state index contributed by atoms with van der Waals surface area (Å²) < 4.78 is 28.7. The lowest BCUT2D eigenvalue weighted by molar-refractivity contribution is -0.197. The molecule has 0 N–H and O–H groups in total. The molecule has 0 heterocycles. The molecule has 1 saturated carbocycles. The maximum absolute atomic E-state index is 12.9. The molecule has 12 heteroatoms. The Hall–Kier alpha value is -3.18. The van der Waals surface area contributed by atoms with E-state index in [4.69, 9.17) is 28.4 Å². The van der Waals surface area contributed by atoms with E-state index in [1.165, 1.54) is 6.92 Å². The number of methoxy groups -OCH3 is 5. The van der Waals surface area contributed by atoms with E-state index < -0.39 is 71.3 Å². The Morgan fingerprint density at radius 3 is 0.806 bits per heavy atom. The normalized spacial score (nSPS) is 27.3. The number of esters is 6. The molecule has 1 rings (SSSR count). The van der Waals surface area contributed by atoms with Gasteiger partial charge in [-0.2, -0.15) is 0 Å². The van der Waals surface area contributed by atoms with E-state index in [2.05, 4.69) is 0 Å². The van der Waals surface area contributed by atoms with Gasteiger partial charge in [-0.15, -0.1) is 0 Å². The largest absolute Gasteiger partial charge is 0.469 e. The minimum atomic E-state index is -1.72. The van der Waals surface area contributed by atoms with Crippen molar-refractivity contribution < 1.29 is 57.2 Å². The fourth-order valence-electron chi connectivity index (χ4n) is 4.02. The fraction of sp³-hybridized carbons (Fsp3) is 0.684. The third kappa shape index (κ3) is 4.94. The third-order valence-electron chi connectivity index (χ3n) is 5.25. The van der Waals surface area contributed by atoms with Crippen LogP contribution in [0.15, 0.2) is 0 Å². The molecular formula is C19H26O12. The second-order valence-electron chi connectivity index (χ2n) is 6.52. The second-order valence-corrected chi connectivity index (χ2v) is 6.52. The molecule has 31 heavy (non-hydrogen) atoms. The van der Waals surface area contributed by atoms with E-state index in [1.54, 1.807) is 0 Å². The van der Waals surface area contributed by atoms with E-state index >= 15 is 0 Å². The van der Waals surface area contributed by atoms with Crippen LogP contribution in [0.5, 0.6) is 0 Å². The zero-order valence-electron chi connectivity index (χ0n) is 18.1. The van der Waals surface area contributed by atoms with E-state index in [1.807, 2.05) is 0 Å². The summed E-state index contributed by atoms with van der Waals surface area (Å²) in [5.74, 6) is -16.9. The van der Waals surface area contributed by atoms with Crippen LogP contribution >= 0.6 is 0 Å². The SMILES string of the molecule is CCOC(=O)C1C(C(=O)OC)C(C(=O)OC)C(C(=O)OC)C(C(=O)OC)C1C(=O)OC. The summed E-state index contributed by atoms with van der Waals surface area (Å²) in [6.45, 7) is 1.34. The Balaban J connectivity index is 3.98. The van der Waals surface area contributed by atoms with E-state index in [0.717, 1.165) is 35.5 Å². The van der Waals surface area contributed by atoms with E-state index in [9.17, 15) is 28.8 Å². The molecule has 4 unspecified atom stereocenters. The second kappa shape index (κ2) is 11.3. The van der Waals surface area contributed by atoms with Gasteiger partial charge in [-0.05, 0) is 6.92 Å². The van der Waals surface area contributed by atoms with Gasteiger partial charge < -0.3 is 28.4 Å². The molecule has 174 valence electrons. The average Bonchev–Trinajstić information content (AvgIpc) is 2.79. The van der Waals surface area contributed by atoms with Crippen LogP contribution in [0.3, 0.4) is 0 Å². The fourth-order valence-corrected chi connectivity index (χ4v) is 4.02.